The van der Waals surface area contributed by atoms with Crippen LogP contribution in [0.2, 0.25) is 0 Å². The van der Waals surface area contributed by atoms with Crippen molar-refractivity contribution in [2.45, 2.75) is 53.0 Å². The second kappa shape index (κ2) is 12.2. The van der Waals surface area contributed by atoms with E-state index in [0.29, 0.717) is 23.2 Å². The predicted molar refractivity (Wildman–Crippen MR) is 168 cm³/mol. The van der Waals surface area contributed by atoms with Crippen molar-refractivity contribution in [1.29, 1.82) is 0 Å². The van der Waals surface area contributed by atoms with Crippen molar-refractivity contribution in [3.8, 4) is 5.69 Å². The summed E-state index contributed by atoms with van der Waals surface area (Å²) in [4.78, 5) is 43.7. The van der Waals surface area contributed by atoms with E-state index in [9.17, 15) is 14.4 Å². The number of ketones is 1. The van der Waals surface area contributed by atoms with Gasteiger partial charge in [-0.25, -0.2) is 4.68 Å². The predicted octanol–water partition coefficient (Wildman–Crippen LogP) is 5.23. The van der Waals surface area contributed by atoms with E-state index in [2.05, 4.69) is 15.3 Å². The van der Waals surface area contributed by atoms with Gasteiger partial charge in [-0.1, -0.05) is 18.6 Å². The van der Waals surface area contributed by atoms with Gasteiger partial charge in [0, 0.05) is 61.9 Å². The van der Waals surface area contributed by atoms with Gasteiger partial charge in [0.1, 0.15) is 6.54 Å². The van der Waals surface area contributed by atoms with Crippen LogP contribution in [0.4, 0.5) is 5.69 Å². The number of amides is 2. The first-order valence-corrected chi connectivity index (χ1v) is 15.4. The minimum atomic E-state index is -0.231. The second-order valence-electron chi connectivity index (χ2n) is 12.0. The highest BCUT2D eigenvalue weighted by molar-refractivity contribution is 6.13. The van der Waals surface area contributed by atoms with Crippen molar-refractivity contribution in [2.24, 2.45) is 5.92 Å². The number of piperazine rings is 1. The molecule has 3 heterocycles. The number of anilines is 1. The van der Waals surface area contributed by atoms with Crippen molar-refractivity contribution in [2.75, 3.05) is 38.0 Å². The molecule has 9 heteroatoms. The Hall–Kier alpha value is -4.24. The standard InChI is InChI=1S/C34H40N6O3/c1-4-5-32(41)29-19-35-40(24(29)3)27-11-9-26(10-12-27)36-34(43)30-21-39(31-13-6-23(2)18-28(30)31)22-33(42)38-16-14-37(15-17-38)20-25-7-8-25/h6,9-13,18-19,21,25H,4-5,7-8,14-17,20,22H2,1-3H3,(H,36,43). The van der Waals surface area contributed by atoms with Crippen molar-refractivity contribution in [3.63, 3.8) is 0 Å². The van der Waals surface area contributed by atoms with E-state index in [1.807, 2.05) is 72.7 Å². The van der Waals surface area contributed by atoms with Crippen molar-refractivity contribution < 1.29 is 14.4 Å². The first-order chi connectivity index (χ1) is 20.8. The molecule has 0 spiro atoms. The largest absolute Gasteiger partial charge is 0.339 e. The van der Waals surface area contributed by atoms with E-state index in [-0.39, 0.29) is 24.1 Å². The van der Waals surface area contributed by atoms with Crippen molar-refractivity contribution in [3.05, 3.63) is 77.2 Å². The number of carbonyl (C=O) groups is 3. The molecule has 1 saturated carbocycles. The Morgan fingerprint density at radius 2 is 1.70 bits per heavy atom. The van der Waals surface area contributed by atoms with Gasteiger partial charge in [0.25, 0.3) is 5.91 Å². The second-order valence-corrected chi connectivity index (χ2v) is 12.0. The van der Waals surface area contributed by atoms with Crippen LogP contribution in [0.3, 0.4) is 0 Å². The molecule has 2 fully saturated rings. The molecule has 4 aromatic rings. The van der Waals surface area contributed by atoms with Crippen LogP contribution < -0.4 is 5.32 Å². The molecule has 6 rings (SSSR count). The first-order valence-electron chi connectivity index (χ1n) is 15.4. The van der Waals surface area contributed by atoms with Crippen LogP contribution in [-0.2, 0) is 11.3 Å². The molecule has 1 aliphatic heterocycles. The molecule has 2 amide bonds. The molecular formula is C34H40N6O3. The summed E-state index contributed by atoms with van der Waals surface area (Å²) in [6.45, 7) is 10.6. The lowest BCUT2D eigenvalue weighted by atomic mass is 10.1. The molecule has 1 saturated heterocycles. The highest BCUT2D eigenvalue weighted by atomic mass is 16.2. The van der Waals surface area contributed by atoms with E-state index in [1.165, 1.54) is 12.8 Å². The minimum Gasteiger partial charge on any atom is -0.339 e. The van der Waals surface area contributed by atoms with Crippen molar-refractivity contribution >= 4 is 34.2 Å². The van der Waals surface area contributed by atoms with Crippen LogP contribution >= 0.6 is 0 Å². The average molecular weight is 581 g/mol. The number of fused-ring (bicyclic) bond motifs is 1. The van der Waals surface area contributed by atoms with Gasteiger partial charge in [-0.05, 0) is 75.4 Å². The third kappa shape index (κ3) is 6.27. The molecule has 0 radical (unpaired) electrons. The Balaban J connectivity index is 1.15. The Morgan fingerprint density at radius 1 is 0.953 bits per heavy atom. The van der Waals surface area contributed by atoms with Gasteiger partial charge in [-0.3, -0.25) is 19.3 Å². The monoisotopic (exact) mass is 580 g/mol. The lowest BCUT2D eigenvalue weighted by molar-refractivity contribution is -0.133. The molecule has 9 nitrogen and oxygen atoms in total. The smallest absolute Gasteiger partial charge is 0.257 e. The van der Waals surface area contributed by atoms with Crippen LogP contribution in [0.5, 0.6) is 0 Å². The summed E-state index contributed by atoms with van der Waals surface area (Å²) < 4.78 is 3.65. The van der Waals surface area contributed by atoms with Gasteiger partial charge in [0.05, 0.1) is 28.7 Å². The summed E-state index contributed by atoms with van der Waals surface area (Å²) in [6.07, 6.45) is 7.41. The normalized spacial score (nSPS) is 15.7. The van der Waals surface area contributed by atoms with E-state index < -0.39 is 0 Å². The van der Waals surface area contributed by atoms with Gasteiger partial charge in [0.15, 0.2) is 5.78 Å². The van der Waals surface area contributed by atoms with E-state index >= 15 is 0 Å². The number of hydrogen-bond acceptors (Lipinski definition) is 5. The van der Waals surface area contributed by atoms with E-state index in [4.69, 9.17) is 0 Å². The summed E-state index contributed by atoms with van der Waals surface area (Å²) in [7, 11) is 0. The Kier molecular flexibility index (Phi) is 8.17. The zero-order valence-corrected chi connectivity index (χ0v) is 25.3. The topological polar surface area (TPSA) is 92.5 Å². The molecule has 1 aliphatic carbocycles. The summed E-state index contributed by atoms with van der Waals surface area (Å²) in [5, 5.41) is 8.27. The molecule has 43 heavy (non-hydrogen) atoms. The van der Waals surface area contributed by atoms with Crippen LogP contribution in [0.1, 0.15) is 64.6 Å². The average Bonchev–Trinajstić information content (AvgIpc) is 3.63. The number of benzene rings is 2. The number of nitrogens with one attached hydrogen (secondary N) is 1. The van der Waals surface area contributed by atoms with Crippen LogP contribution in [-0.4, -0.2) is 74.5 Å². The zero-order chi connectivity index (χ0) is 30.1. The van der Waals surface area contributed by atoms with E-state index in [0.717, 1.165) is 72.9 Å². The highest BCUT2D eigenvalue weighted by Crippen LogP contribution is 2.30. The number of nitrogens with zero attached hydrogens (tertiary/aromatic N) is 5. The maximum absolute atomic E-state index is 13.5. The zero-order valence-electron chi connectivity index (χ0n) is 25.3. The maximum Gasteiger partial charge on any atom is 0.257 e. The fraction of sp³-hybridized carbons (Fsp3) is 0.412. The quantitative estimate of drug-likeness (QED) is 0.259. The maximum atomic E-state index is 13.5. The van der Waals surface area contributed by atoms with E-state index in [1.54, 1.807) is 17.1 Å². The molecule has 2 aromatic heterocycles. The Labute approximate surface area is 252 Å². The third-order valence-corrected chi connectivity index (χ3v) is 8.68. The van der Waals surface area contributed by atoms with Gasteiger partial charge in [-0.2, -0.15) is 5.10 Å². The molecule has 224 valence electrons. The molecule has 0 bridgehead atoms. The van der Waals surface area contributed by atoms with Gasteiger partial charge >= 0.3 is 0 Å². The number of rotatable bonds is 10. The van der Waals surface area contributed by atoms with Gasteiger partial charge in [0.2, 0.25) is 5.91 Å². The number of carbonyl (C=O) groups excluding carboxylic acids is 3. The fourth-order valence-corrected chi connectivity index (χ4v) is 6.00. The number of Topliss-reactive ketones (excluding diaryl/α,β-unsaturated/α-hetero) is 1. The molecule has 0 unspecified atom stereocenters. The number of aromatic nitrogens is 3. The summed E-state index contributed by atoms with van der Waals surface area (Å²) in [6, 6.07) is 13.4. The Morgan fingerprint density at radius 3 is 2.40 bits per heavy atom. The SMILES string of the molecule is CCCC(=O)c1cnn(-c2ccc(NC(=O)c3cn(CC(=O)N4CCN(CC5CC5)CC4)c4ccc(C)cc34)cc2)c1C. The number of aryl methyl sites for hydroxylation is 1. The van der Waals surface area contributed by atoms with Crippen molar-refractivity contribution in [1.82, 2.24) is 24.1 Å². The number of hydrogen-bond donors (Lipinski definition) is 1. The molecular weight excluding hydrogens is 540 g/mol. The van der Waals surface area contributed by atoms with Gasteiger partial charge in [-0.15, -0.1) is 0 Å². The molecule has 0 atom stereocenters. The Bertz CT molecular complexity index is 1660. The highest BCUT2D eigenvalue weighted by Gasteiger charge is 2.28. The molecule has 2 aliphatic rings. The third-order valence-electron chi connectivity index (χ3n) is 8.68. The lowest BCUT2D eigenvalue weighted by Crippen LogP contribution is -2.49. The lowest BCUT2D eigenvalue weighted by Gasteiger charge is -2.35. The van der Waals surface area contributed by atoms with Crippen LogP contribution in [0, 0.1) is 19.8 Å². The molecule has 2 aromatic carbocycles. The fourth-order valence-electron chi connectivity index (χ4n) is 6.00. The summed E-state index contributed by atoms with van der Waals surface area (Å²) in [5.41, 5.74) is 5.35. The minimum absolute atomic E-state index is 0.0829. The van der Waals surface area contributed by atoms with Crippen LogP contribution in [0.15, 0.2) is 54.9 Å². The summed E-state index contributed by atoms with van der Waals surface area (Å²) >= 11 is 0. The van der Waals surface area contributed by atoms with Gasteiger partial charge < -0.3 is 14.8 Å². The molecule has 1 N–H and O–H groups in total. The first kappa shape index (κ1) is 28.9. The van der Waals surface area contributed by atoms with Crippen LogP contribution in [0.25, 0.3) is 16.6 Å². The summed E-state index contributed by atoms with van der Waals surface area (Å²) in [5.74, 6) is 0.804.